The molecule has 0 aliphatic carbocycles. The van der Waals surface area contributed by atoms with E-state index in [0.29, 0.717) is 6.08 Å². The lowest BCUT2D eigenvalue weighted by molar-refractivity contribution is -0.143. The maximum Gasteiger partial charge on any atom is 0.227 e. The topological polar surface area (TPSA) is 144 Å². The molecular weight excluding hydrogens is 258 g/mol. The summed E-state index contributed by atoms with van der Waals surface area (Å²) in [7, 11) is 0. The molecule has 108 valence electrons. The molecule has 5 N–H and O–H groups in total. The molecule has 0 fully saturated rings. The van der Waals surface area contributed by atoms with Gasteiger partial charge in [0.1, 0.15) is 24.4 Å². The van der Waals surface area contributed by atoms with Gasteiger partial charge in [-0.15, -0.1) is 0 Å². The van der Waals surface area contributed by atoms with Gasteiger partial charge in [-0.25, -0.2) is 0 Å². The first-order valence-corrected chi connectivity index (χ1v) is 5.39. The van der Waals surface area contributed by atoms with Gasteiger partial charge >= 0.3 is 0 Å². The van der Waals surface area contributed by atoms with Crippen LogP contribution in [-0.2, 0) is 14.4 Å². The summed E-state index contributed by atoms with van der Waals surface area (Å²) in [5, 5.41) is 39.0. The van der Waals surface area contributed by atoms with Crippen LogP contribution in [0.4, 0.5) is 0 Å². The number of allylic oxidation sites excluding steroid dienone is 1. The molecule has 0 unspecified atom stereocenters. The predicted molar refractivity (Wildman–Crippen MR) is 62.9 cm³/mol. The second-order valence-corrected chi connectivity index (χ2v) is 3.84. The van der Waals surface area contributed by atoms with Crippen LogP contribution in [0.3, 0.4) is 0 Å². The number of Topliss-reactive ketones (excluding diaryl/α,β-unsaturated/α-hetero) is 1. The summed E-state index contributed by atoms with van der Waals surface area (Å²) in [5.74, 6) is -2.98. The summed E-state index contributed by atoms with van der Waals surface area (Å²) >= 11 is 0. The van der Waals surface area contributed by atoms with Gasteiger partial charge in [0.2, 0.25) is 17.5 Å². The minimum absolute atomic E-state index is 0.693. The average Bonchev–Trinajstić information content (AvgIpc) is 2.40. The first kappa shape index (κ1) is 17.4. The molecule has 0 aliphatic rings. The molecule has 0 spiro atoms. The Hall–Kier alpha value is -1.61. The van der Waals surface area contributed by atoms with Gasteiger partial charge in [0.15, 0.2) is 0 Å². The molecule has 4 atom stereocenters. The zero-order chi connectivity index (χ0) is 15.2. The van der Waals surface area contributed by atoms with Gasteiger partial charge in [-0.3, -0.25) is 14.4 Å². The summed E-state index contributed by atoms with van der Waals surface area (Å²) in [6.07, 6.45) is -4.90. The van der Waals surface area contributed by atoms with E-state index < -0.39 is 48.4 Å². The molecule has 0 saturated carbocycles. The molecule has 0 rings (SSSR count). The van der Waals surface area contributed by atoms with E-state index in [1.54, 1.807) is 0 Å². The molecule has 0 heterocycles. The third-order valence-electron chi connectivity index (χ3n) is 2.34. The van der Waals surface area contributed by atoms with E-state index >= 15 is 0 Å². The molecule has 0 bridgehead atoms. The van der Waals surface area contributed by atoms with Crippen LogP contribution in [0.2, 0.25) is 0 Å². The first-order chi connectivity index (χ1) is 8.76. The average molecular weight is 275 g/mol. The van der Waals surface area contributed by atoms with E-state index in [9.17, 15) is 24.6 Å². The highest BCUT2D eigenvalue weighted by atomic mass is 16.4. The maximum absolute atomic E-state index is 11.6. The second-order valence-electron chi connectivity index (χ2n) is 3.84. The molecule has 0 aromatic heterocycles. The van der Waals surface area contributed by atoms with Crippen molar-refractivity contribution in [2.75, 3.05) is 6.61 Å². The Kier molecular flexibility index (Phi) is 7.09. The molecule has 1 amide bonds. The summed E-state index contributed by atoms with van der Waals surface area (Å²) in [5.41, 5.74) is 0. The number of hydrogen-bond acceptors (Lipinski definition) is 7. The Labute approximate surface area is 109 Å². The lowest BCUT2D eigenvalue weighted by atomic mass is 9.96. The van der Waals surface area contributed by atoms with Crippen molar-refractivity contribution in [3.8, 4) is 0 Å². The van der Waals surface area contributed by atoms with Crippen LogP contribution in [0.25, 0.3) is 0 Å². The zero-order valence-corrected chi connectivity index (χ0v) is 10.3. The summed E-state index contributed by atoms with van der Waals surface area (Å²) < 4.78 is 0. The third kappa shape index (κ3) is 4.87. The van der Waals surface area contributed by atoms with E-state index in [2.05, 4.69) is 6.58 Å². The lowest BCUT2D eigenvalue weighted by Gasteiger charge is -2.27. The standard InChI is InChI=1S/C11H17NO7/c1-3-6(15)9(17)8(12-5(2)14)11(19)10(18)7(16)4-13/h3,7-8,10-11,13,16,18-19H,1,4H2,2H3,(H,12,14)/t7-,8+,10-,11-/m1/s1. The van der Waals surface area contributed by atoms with Gasteiger partial charge in [0.05, 0.1) is 6.61 Å². The SMILES string of the molecule is C=CC(=O)C(=O)[C@H](NC(C)=O)[C@@H](O)[C@H](O)[C@H](O)CO. The Morgan fingerprint density at radius 3 is 2.11 bits per heavy atom. The monoisotopic (exact) mass is 275 g/mol. The van der Waals surface area contributed by atoms with Crippen molar-refractivity contribution in [3.05, 3.63) is 12.7 Å². The largest absolute Gasteiger partial charge is 0.394 e. The predicted octanol–water partition coefficient (Wildman–Crippen LogP) is -3.11. The van der Waals surface area contributed by atoms with E-state index in [0.717, 1.165) is 6.92 Å². The second kappa shape index (κ2) is 7.74. The van der Waals surface area contributed by atoms with Gasteiger partial charge in [0, 0.05) is 6.92 Å². The number of carbonyl (C=O) groups is 3. The number of ketones is 2. The summed E-state index contributed by atoms with van der Waals surface area (Å²) in [6.45, 7) is 3.26. The molecule has 19 heavy (non-hydrogen) atoms. The van der Waals surface area contributed by atoms with Crippen LogP contribution < -0.4 is 5.32 Å². The Bertz CT molecular complexity index is 368. The number of aliphatic hydroxyl groups is 4. The summed E-state index contributed by atoms with van der Waals surface area (Å²) in [4.78, 5) is 33.7. The van der Waals surface area contributed by atoms with Crippen LogP contribution in [0, 0.1) is 0 Å². The summed E-state index contributed by atoms with van der Waals surface area (Å²) in [6, 6.07) is -1.74. The Morgan fingerprint density at radius 2 is 1.74 bits per heavy atom. The smallest absolute Gasteiger partial charge is 0.227 e. The highest BCUT2D eigenvalue weighted by Crippen LogP contribution is 2.07. The number of amides is 1. The van der Waals surface area contributed by atoms with Crippen molar-refractivity contribution < 1.29 is 34.8 Å². The number of rotatable bonds is 8. The number of nitrogens with one attached hydrogen (secondary N) is 1. The number of hydrogen-bond donors (Lipinski definition) is 5. The highest BCUT2D eigenvalue weighted by molar-refractivity contribution is 6.43. The van der Waals surface area contributed by atoms with Crippen molar-refractivity contribution in [2.45, 2.75) is 31.3 Å². The molecule has 0 radical (unpaired) electrons. The quantitative estimate of drug-likeness (QED) is 0.233. The first-order valence-electron chi connectivity index (χ1n) is 5.39. The van der Waals surface area contributed by atoms with Crippen molar-refractivity contribution >= 4 is 17.5 Å². The van der Waals surface area contributed by atoms with E-state index in [4.69, 9.17) is 10.2 Å². The van der Waals surface area contributed by atoms with Crippen molar-refractivity contribution in [1.82, 2.24) is 5.32 Å². The minimum Gasteiger partial charge on any atom is -0.394 e. The Balaban J connectivity index is 5.13. The number of carbonyl (C=O) groups excluding carboxylic acids is 3. The van der Waals surface area contributed by atoms with Crippen LogP contribution in [0.15, 0.2) is 12.7 Å². The van der Waals surface area contributed by atoms with Gasteiger partial charge in [0.25, 0.3) is 0 Å². The molecule has 8 nitrogen and oxygen atoms in total. The normalized spacial score (nSPS) is 16.9. The third-order valence-corrected chi connectivity index (χ3v) is 2.34. The van der Waals surface area contributed by atoms with Gasteiger partial charge < -0.3 is 25.7 Å². The van der Waals surface area contributed by atoms with Crippen molar-refractivity contribution in [3.63, 3.8) is 0 Å². The fraction of sp³-hybridized carbons (Fsp3) is 0.545. The van der Waals surface area contributed by atoms with E-state index in [-0.39, 0.29) is 0 Å². The van der Waals surface area contributed by atoms with Crippen LogP contribution in [-0.4, -0.2) is 68.9 Å². The zero-order valence-electron chi connectivity index (χ0n) is 10.3. The van der Waals surface area contributed by atoms with E-state index in [1.165, 1.54) is 0 Å². The molecule has 0 aromatic carbocycles. The minimum atomic E-state index is -1.96. The van der Waals surface area contributed by atoms with Gasteiger partial charge in [-0.05, 0) is 6.08 Å². The van der Waals surface area contributed by atoms with Crippen LogP contribution in [0.1, 0.15) is 6.92 Å². The molecule has 0 aliphatic heterocycles. The molecule has 0 saturated heterocycles. The Morgan fingerprint density at radius 1 is 1.21 bits per heavy atom. The van der Waals surface area contributed by atoms with Crippen LogP contribution in [0.5, 0.6) is 0 Å². The molecule has 0 aromatic rings. The molecular formula is C11H17NO7. The van der Waals surface area contributed by atoms with Crippen molar-refractivity contribution in [2.24, 2.45) is 0 Å². The fourth-order valence-electron chi connectivity index (χ4n) is 1.31. The van der Waals surface area contributed by atoms with Gasteiger partial charge in [-0.1, -0.05) is 6.58 Å². The van der Waals surface area contributed by atoms with Gasteiger partial charge in [-0.2, -0.15) is 0 Å². The molecule has 8 heteroatoms. The van der Waals surface area contributed by atoms with E-state index in [1.807, 2.05) is 5.32 Å². The lowest BCUT2D eigenvalue weighted by Crippen LogP contribution is -2.57. The van der Waals surface area contributed by atoms with Crippen molar-refractivity contribution in [1.29, 1.82) is 0 Å². The van der Waals surface area contributed by atoms with Crippen LogP contribution >= 0.6 is 0 Å². The highest BCUT2D eigenvalue weighted by Gasteiger charge is 2.37. The maximum atomic E-state index is 11.6. The number of aliphatic hydroxyl groups excluding tert-OH is 4. The fourth-order valence-corrected chi connectivity index (χ4v) is 1.31.